The molecule has 0 atom stereocenters. The summed E-state index contributed by atoms with van der Waals surface area (Å²) in [6.45, 7) is 5.52. The van der Waals surface area contributed by atoms with E-state index < -0.39 is 0 Å². The summed E-state index contributed by atoms with van der Waals surface area (Å²) in [5.74, 6) is 0.706. The average molecular weight is 288 g/mol. The van der Waals surface area contributed by atoms with Crippen molar-refractivity contribution < 1.29 is 0 Å². The van der Waals surface area contributed by atoms with Crippen LogP contribution in [0.25, 0.3) is 0 Å². The summed E-state index contributed by atoms with van der Waals surface area (Å²) in [6, 6.07) is 5.10. The Labute approximate surface area is 123 Å². The predicted molar refractivity (Wildman–Crippen MR) is 82.8 cm³/mol. The zero-order valence-electron chi connectivity index (χ0n) is 12.4. The highest BCUT2D eigenvalue weighted by molar-refractivity contribution is 5.43. The first-order valence-electron chi connectivity index (χ1n) is 7.15. The zero-order chi connectivity index (χ0) is 15.2. The SMILES string of the molecule is CCCn1ccc(=O)n(Cc2cccnc2NCC)c1=O. The molecular formula is C15H20N4O2. The second-order valence-electron chi connectivity index (χ2n) is 4.76. The van der Waals surface area contributed by atoms with Gasteiger partial charge in [-0.15, -0.1) is 0 Å². The van der Waals surface area contributed by atoms with Crippen molar-refractivity contribution in [2.45, 2.75) is 33.4 Å². The van der Waals surface area contributed by atoms with Gasteiger partial charge in [-0.25, -0.2) is 9.78 Å². The highest BCUT2D eigenvalue weighted by Gasteiger charge is 2.09. The van der Waals surface area contributed by atoms with Crippen molar-refractivity contribution in [1.82, 2.24) is 14.1 Å². The van der Waals surface area contributed by atoms with Crippen molar-refractivity contribution in [1.29, 1.82) is 0 Å². The van der Waals surface area contributed by atoms with Gasteiger partial charge < -0.3 is 9.88 Å². The monoisotopic (exact) mass is 288 g/mol. The fourth-order valence-electron chi connectivity index (χ4n) is 2.18. The van der Waals surface area contributed by atoms with Gasteiger partial charge in [0.1, 0.15) is 5.82 Å². The van der Waals surface area contributed by atoms with E-state index in [2.05, 4.69) is 10.3 Å². The van der Waals surface area contributed by atoms with E-state index in [0.29, 0.717) is 12.4 Å². The lowest BCUT2D eigenvalue weighted by atomic mass is 10.2. The number of hydrogen-bond acceptors (Lipinski definition) is 4. The maximum Gasteiger partial charge on any atom is 0.331 e. The summed E-state index contributed by atoms with van der Waals surface area (Å²) in [6.07, 6.45) is 4.08. The molecule has 0 aliphatic rings. The maximum atomic E-state index is 12.3. The van der Waals surface area contributed by atoms with Crippen molar-refractivity contribution >= 4 is 5.82 Å². The number of nitrogens with zero attached hydrogens (tertiary/aromatic N) is 3. The predicted octanol–water partition coefficient (Wildman–Crippen LogP) is 1.30. The van der Waals surface area contributed by atoms with E-state index in [0.717, 1.165) is 18.5 Å². The molecule has 0 aliphatic carbocycles. The number of hydrogen-bond donors (Lipinski definition) is 1. The van der Waals surface area contributed by atoms with Crippen molar-refractivity contribution in [3.05, 3.63) is 57.0 Å². The summed E-state index contributed by atoms with van der Waals surface area (Å²) in [5, 5.41) is 3.14. The van der Waals surface area contributed by atoms with E-state index in [1.54, 1.807) is 23.0 Å². The second kappa shape index (κ2) is 6.88. The summed E-state index contributed by atoms with van der Waals surface area (Å²) in [4.78, 5) is 28.6. The molecule has 0 aromatic carbocycles. The molecule has 2 heterocycles. The summed E-state index contributed by atoms with van der Waals surface area (Å²) < 4.78 is 2.80. The first kappa shape index (κ1) is 15.0. The molecule has 0 unspecified atom stereocenters. The molecule has 0 radical (unpaired) electrons. The van der Waals surface area contributed by atoms with Gasteiger partial charge in [0, 0.05) is 37.1 Å². The molecule has 1 N–H and O–H groups in total. The van der Waals surface area contributed by atoms with Crippen LogP contribution in [0.3, 0.4) is 0 Å². The minimum atomic E-state index is -0.293. The summed E-state index contributed by atoms with van der Waals surface area (Å²) in [5.41, 5.74) is 0.252. The molecule has 2 rings (SSSR count). The van der Waals surface area contributed by atoms with Gasteiger partial charge in [-0.05, 0) is 19.4 Å². The Kier molecular flexibility index (Phi) is 4.92. The molecular weight excluding hydrogens is 268 g/mol. The van der Waals surface area contributed by atoms with E-state index in [-0.39, 0.29) is 17.8 Å². The van der Waals surface area contributed by atoms with Gasteiger partial charge in [0.15, 0.2) is 0 Å². The molecule has 6 nitrogen and oxygen atoms in total. The summed E-state index contributed by atoms with van der Waals surface area (Å²) in [7, 11) is 0. The van der Waals surface area contributed by atoms with Gasteiger partial charge in [0.05, 0.1) is 6.54 Å². The van der Waals surface area contributed by atoms with Crippen molar-refractivity contribution in [2.24, 2.45) is 0 Å². The number of aryl methyl sites for hydroxylation is 1. The fraction of sp³-hybridized carbons (Fsp3) is 0.400. The third-order valence-corrected chi connectivity index (χ3v) is 3.17. The van der Waals surface area contributed by atoms with Crippen LogP contribution in [0.15, 0.2) is 40.2 Å². The highest BCUT2D eigenvalue weighted by atomic mass is 16.2. The standard InChI is InChI=1S/C15H20N4O2/c1-3-9-18-10-7-13(20)19(15(18)21)11-12-6-5-8-17-14(12)16-4-2/h5-8,10H,3-4,9,11H2,1-2H3,(H,16,17). The Balaban J connectivity index is 2.42. The van der Waals surface area contributed by atoms with E-state index >= 15 is 0 Å². The van der Waals surface area contributed by atoms with Crippen LogP contribution in [0.4, 0.5) is 5.82 Å². The van der Waals surface area contributed by atoms with Crippen LogP contribution in [-0.2, 0) is 13.1 Å². The smallest absolute Gasteiger partial charge is 0.331 e. The molecule has 2 aromatic rings. The largest absolute Gasteiger partial charge is 0.370 e. The highest BCUT2D eigenvalue weighted by Crippen LogP contribution is 2.11. The van der Waals surface area contributed by atoms with Crippen LogP contribution in [0.1, 0.15) is 25.8 Å². The molecule has 112 valence electrons. The Morgan fingerprint density at radius 3 is 2.76 bits per heavy atom. The normalized spacial score (nSPS) is 10.6. The topological polar surface area (TPSA) is 68.9 Å². The lowest BCUT2D eigenvalue weighted by molar-refractivity contribution is 0.570. The molecule has 21 heavy (non-hydrogen) atoms. The lowest BCUT2D eigenvalue weighted by Crippen LogP contribution is -2.39. The van der Waals surface area contributed by atoms with Gasteiger partial charge >= 0.3 is 5.69 Å². The first-order chi connectivity index (χ1) is 10.2. The zero-order valence-corrected chi connectivity index (χ0v) is 12.4. The molecule has 2 aromatic heterocycles. The molecule has 0 saturated heterocycles. The van der Waals surface area contributed by atoms with Crippen LogP contribution in [0.2, 0.25) is 0 Å². The molecule has 0 amide bonds. The third-order valence-electron chi connectivity index (χ3n) is 3.17. The van der Waals surface area contributed by atoms with Crippen molar-refractivity contribution in [2.75, 3.05) is 11.9 Å². The van der Waals surface area contributed by atoms with Crippen molar-refractivity contribution in [3.63, 3.8) is 0 Å². The van der Waals surface area contributed by atoms with E-state index in [1.807, 2.05) is 19.9 Å². The van der Waals surface area contributed by atoms with Gasteiger partial charge in [-0.1, -0.05) is 13.0 Å². The maximum absolute atomic E-state index is 12.3. The number of nitrogens with one attached hydrogen (secondary N) is 1. The van der Waals surface area contributed by atoms with Crippen LogP contribution >= 0.6 is 0 Å². The second-order valence-corrected chi connectivity index (χ2v) is 4.76. The van der Waals surface area contributed by atoms with Gasteiger partial charge in [0.2, 0.25) is 0 Å². The molecule has 0 saturated carbocycles. The lowest BCUT2D eigenvalue weighted by Gasteiger charge is -2.12. The van der Waals surface area contributed by atoms with Gasteiger partial charge in [-0.2, -0.15) is 0 Å². The van der Waals surface area contributed by atoms with Gasteiger partial charge in [0.25, 0.3) is 5.56 Å². The van der Waals surface area contributed by atoms with Crippen LogP contribution in [-0.4, -0.2) is 20.7 Å². The Bertz CT molecular complexity index is 718. The molecule has 6 heteroatoms. The Morgan fingerprint density at radius 2 is 2.05 bits per heavy atom. The quantitative estimate of drug-likeness (QED) is 0.870. The number of aromatic nitrogens is 3. The molecule has 0 spiro atoms. The summed E-state index contributed by atoms with van der Waals surface area (Å²) >= 11 is 0. The Hall–Kier alpha value is -2.37. The third kappa shape index (κ3) is 3.39. The fourth-order valence-corrected chi connectivity index (χ4v) is 2.18. The number of anilines is 1. The van der Waals surface area contributed by atoms with E-state index in [1.165, 1.54) is 10.6 Å². The van der Waals surface area contributed by atoms with E-state index in [9.17, 15) is 9.59 Å². The average Bonchev–Trinajstić information content (AvgIpc) is 2.48. The van der Waals surface area contributed by atoms with Crippen LogP contribution in [0.5, 0.6) is 0 Å². The van der Waals surface area contributed by atoms with E-state index in [4.69, 9.17) is 0 Å². The minimum absolute atomic E-state index is 0.221. The van der Waals surface area contributed by atoms with Crippen LogP contribution < -0.4 is 16.6 Å². The molecule has 0 aliphatic heterocycles. The minimum Gasteiger partial charge on any atom is -0.370 e. The van der Waals surface area contributed by atoms with Gasteiger partial charge in [-0.3, -0.25) is 9.36 Å². The number of pyridine rings is 1. The molecule has 0 fully saturated rings. The Morgan fingerprint density at radius 1 is 1.24 bits per heavy atom. The van der Waals surface area contributed by atoms with Crippen LogP contribution in [0, 0.1) is 0 Å². The number of rotatable bonds is 6. The molecule has 0 bridgehead atoms. The first-order valence-corrected chi connectivity index (χ1v) is 7.15. The van der Waals surface area contributed by atoms with Crippen molar-refractivity contribution in [3.8, 4) is 0 Å².